The van der Waals surface area contributed by atoms with Crippen molar-refractivity contribution in [3.05, 3.63) is 40.4 Å². The lowest BCUT2D eigenvalue weighted by molar-refractivity contribution is -0.137. The zero-order valence-corrected chi connectivity index (χ0v) is 11.1. The Bertz CT molecular complexity index is 634. The summed E-state index contributed by atoms with van der Waals surface area (Å²) in [6.07, 6.45) is -4.37. The van der Waals surface area contributed by atoms with Gasteiger partial charge in [0, 0.05) is 5.56 Å². The first kappa shape index (κ1) is 14.5. The predicted octanol–water partition coefficient (Wildman–Crippen LogP) is 2.74. The number of aryl methyl sites for hydroxylation is 1. The fourth-order valence-corrected chi connectivity index (χ4v) is 2.57. The molecule has 1 amide bonds. The lowest BCUT2D eigenvalue weighted by Crippen LogP contribution is -2.29. The number of aromatic nitrogens is 1. The fraction of sp³-hybridized carbons (Fsp3) is 0.167. The molecule has 0 bridgehead atoms. The van der Waals surface area contributed by atoms with E-state index in [1.54, 1.807) is 6.92 Å². The largest absolute Gasteiger partial charge is 0.416 e. The molecule has 0 aliphatic heterocycles. The molecular formula is C12H10F3N3OS. The van der Waals surface area contributed by atoms with Gasteiger partial charge >= 0.3 is 6.18 Å². The van der Waals surface area contributed by atoms with E-state index < -0.39 is 17.6 Å². The molecule has 0 saturated carbocycles. The first-order valence-electron chi connectivity index (χ1n) is 5.49. The molecule has 2 aromatic rings. The molecule has 0 radical (unpaired) electrons. The molecule has 0 unspecified atom stereocenters. The van der Waals surface area contributed by atoms with E-state index >= 15 is 0 Å². The molecule has 0 spiro atoms. The first-order valence-corrected chi connectivity index (χ1v) is 6.30. The molecule has 0 aliphatic rings. The third-order valence-corrected chi connectivity index (χ3v) is 3.80. The van der Waals surface area contributed by atoms with Crippen LogP contribution in [0.15, 0.2) is 24.3 Å². The lowest BCUT2D eigenvalue weighted by atomic mass is 10.1. The van der Waals surface area contributed by atoms with E-state index in [0.717, 1.165) is 23.5 Å². The molecule has 4 nitrogen and oxygen atoms in total. The highest BCUT2D eigenvalue weighted by Crippen LogP contribution is 2.32. The highest BCUT2D eigenvalue weighted by atomic mass is 32.1. The summed E-state index contributed by atoms with van der Waals surface area (Å²) in [6, 6.07) is 4.61. The number of hydrazine groups is 1. The van der Waals surface area contributed by atoms with Gasteiger partial charge in [-0.1, -0.05) is 12.1 Å². The molecule has 0 aliphatic carbocycles. The summed E-state index contributed by atoms with van der Waals surface area (Å²) < 4.78 is 37.4. The smallest absolute Gasteiger partial charge is 0.289 e. The Balaban J connectivity index is 2.35. The average Bonchev–Trinajstić information content (AvgIpc) is 2.79. The quantitative estimate of drug-likeness (QED) is 0.509. The number of nitrogens with one attached hydrogen (secondary N) is 1. The van der Waals surface area contributed by atoms with Crippen molar-refractivity contribution in [3.63, 3.8) is 0 Å². The van der Waals surface area contributed by atoms with Crippen LogP contribution in [0.4, 0.5) is 13.2 Å². The minimum atomic E-state index is -4.37. The first-order chi connectivity index (χ1) is 9.32. The number of rotatable bonds is 2. The Kier molecular flexibility index (Phi) is 3.78. The van der Waals surface area contributed by atoms with Crippen LogP contribution in [0.1, 0.15) is 20.9 Å². The summed E-state index contributed by atoms with van der Waals surface area (Å²) >= 11 is 1.07. The van der Waals surface area contributed by atoms with Crippen LogP contribution in [0, 0.1) is 6.92 Å². The molecule has 1 heterocycles. The number of alkyl halides is 3. The van der Waals surface area contributed by atoms with Crippen molar-refractivity contribution in [2.75, 3.05) is 0 Å². The third kappa shape index (κ3) is 2.81. The van der Waals surface area contributed by atoms with E-state index in [1.807, 2.05) is 5.43 Å². The number of hydrogen-bond donors (Lipinski definition) is 2. The number of hydrogen-bond acceptors (Lipinski definition) is 4. The second-order valence-electron chi connectivity index (χ2n) is 3.98. The van der Waals surface area contributed by atoms with Crippen LogP contribution in [-0.2, 0) is 6.18 Å². The highest BCUT2D eigenvalue weighted by molar-refractivity contribution is 7.17. The summed E-state index contributed by atoms with van der Waals surface area (Å²) in [6.45, 7) is 1.63. The Labute approximate surface area is 116 Å². The molecule has 1 aromatic carbocycles. The van der Waals surface area contributed by atoms with Crippen molar-refractivity contribution in [2.24, 2.45) is 5.84 Å². The van der Waals surface area contributed by atoms with Gasteiger partial charge in [-0.2, -0.15) is 13.2 Å². The Morgan fingerprint density at radius 3 is 2.40 bits per heavy atom. The van der Waals surface area contributed by atoms with E-state index in [4.69, 9.17) is 5.84 Å². The maximum atomic E-state index is 12.5. The maximum absolute atomic E-state index is 12.5. The predicted molar refractivity (Wildman–Crippen MR) is 68.9 cm³/mol. The van der Waals surface area contributed by atoms with Gasteiger partial charge in [-0.25, -0.2) is 10.8 Å². The van der Waals surface area contributed by atoms with Gasteiger partial charge in [-0.05, 0) is 19.1 Å². The van der Waals surface area contributed by atoms with Crippen LogP contribution in [0.5, 0.6) is 0 Å². The number of carbonyl (C=O) groups is 1. The molecule has 0 fully saturated rings. The SMILES string of the molecule is Cc1nc(-c2ccc(C(F)(F)F)cc2)sc1C(=O)NN. The fourth-order valence-electron chi connectivity index (χ4n) is 1.60. The van der Waals surface area contributed by atoms with Crippen LogP contribution in [0.25, 0.3) is 10.6 Å². The molecule has 3 N–H and O–H groups in total. The maximum Gasteiger partial charge on any atom is 0.416 e. The van der Waals surface area contributed by atoms with E-state index in [-0.39, 0.29) is 0 Å². The lowest BCUT2D eigenvalue weighted by Gasteiger charge is -2.06. The van der Waals surface area contributed by atoms with Crippen LogP contribution in [-0.4, -0.2) is 10.9 Å². The number of nitrogens with zero attached hydrogens (tertiary/aromatic N) is 1. The molecule has 2 rings (SSSR count). The number of halogens is 3. The van der Waals surface area contributed by atoms with Crippen molar-refractivity contribution < 1.29 is 18.0 Å². The second kappa shape index (κ2) is 5.22. The molecule has 106 valence electrons. The second-order valence-corrected chi connectivity index (χ2v) is 4.98. The van der Waals surface area contributed by atoms with Crippen molar-refractivity contribution in [2.45, 2.75) is 13.1 Å². The van der Waals surface area contributed by atoms with Gasteiger partial charge in [0.2, 0.25) is 0 Å². The Morgan fingerprint density at radius 1 is 1.30 bits per heavy atom. The summed E-state index contributed by atoms with van der Waals surface area (Å²) in [7, 11) is 0. The number of nitrogens with two attached hydrogens (primary N) is 1. The van der Waals surface area contributed by atoms with E-state index in [9.17, 15) is 18.0 Å². The zero-order valence-electron chi connectivity index (χ0n) is 10.3. The molecule has 8 heteroatoms. The number of amides is 1. The van der Waals surface area contributed by atoms with Crippen molar-refractivity contribution >= 4 is 17.2 Å². The molecule has 20 heavy (non-hydrogen) atoms. The zero-order chi connectivity index (χ0) is 14.9. The Hall–Kier alpha value is -1.93. The number of benzene rings is 1. The minimum Gasteiger partial charge on any atom is -0.289 e. The summed E-state index contributed by atoms with van der Waals surface area (Å²) in [4.78, 5) is 15.9. The highest BCUT2D eigenvalue weighted by Gasteiger charge is 2.30. The van der Waals surface area contributed by atoms with Crippen LogP contribution >= 0.6 is 11.3 Å². The van der Waals surface area contributed by atoms with E-state index in [1.165, 1.54) is 12.1 Å². The number of carbonyl (C=O) groups excluding carboxylic acids is 1. The van der Waals surface area contributed by atoms with Crippen molar-refractivity contribution in [1.82, 2.24) is 10.4 Å². The van der Waals surface area contributed by atoms with Gasteiger partial charge < -0.3 is 0 Å². The van der Waals surface area contributed by atoms with Crippen LogP contribution in [0.3, 0.4) is 0 Å². The van der Waals surface area contributed by atoms with Crippen LogP contribution in [0.2, 0.25) is 0 Å². The van der Waals surface area contributed by atoms with Crippen molar-refractivity contribution in [1.29, 1.82) is 0 Å². The molecule has 0 atom stereocenters. The standard InChI is InChI=1S/C12H10F3N3OS/c1-6-9(10(19)18-16)20-11(17-6)7-2-4-8(5-3-7)12(13,14)15/h2-5H,16H2,1H3,(H,18,19). The van der Waals surface area contributed by atoms with Gasteiger partial charge in [-0.3, -0.25) is 10.2 Å². The van der Waals surface area contributed by atoms with E-state index in [0.29, 0.717) is 21.1 Å². The van der Waals surface area contributed by atoms with Gasteiger partial charge in [0.1, 0.15) is 9.88 Å². The van der Waals surface area contributed by atoms with E-state index in [2.05, 4.69) is 4.98 Å². The normalized spacial score (nSPS) is 11.4. The van der Waals surface area contributed by atoms with Gasteiger partial charge in [0.15, 0.2) is 0 Å². The average molecular weight is 301 g/mol. The molecule has 1 aromatic heterocycles. The van der Waals surface area contributed by atoms with Gasteiger partial charge in [0.25, 0.3) is 5.91 Å². The topological polar surface area (TPSA) is 68.0 Å². The number of thiazole rings is 1. The summed E-state index contributed by atoms with van der Waals surface area (Å²) in [5.41, 5.74) is 2.27. The Morgan fingerprint density at radius 2 is 1.90 bits per heavy atom. The minimum absolute atomic E-state index is 0.336. The summed E-state index contributed by atoms with van der Waals surface area (Å²) in [5, 5.41) is 0.467. The van der Waals surface area contributed by atoms with Crippen LogP contribution < -0.4 is 11.3 Å². The molecular weight excluding hydrogens is 291 g/mol. The number of nitrogen functional groups attached to an aromatic ring is 1. The van der Waals surface area contributed by atoms with Gasteiger partial charge in [-0.15, -0.1) is 11.3 Å². The molecule has 0 saturated heterocycles. The monoisotopic (exact) mass is 301 g/mol. The van der Waals surface area contributed by atoms with Crippen molar-refractivity contribution in [3.8, 4) is 10.6 Å². The third-order valence-electron chi connectivity index (χ3n) is 2.59. The van der Waals surface area contributed by atoms with Gasteiger partial charge in [0.05, 0.1) is 11.3 Å². The summed E-state index contributed by atoms with van der Waals surface area (Å²) in [5.74, 6) is 4.57.